The van der Waals surface area contributed by atoms with Gasteiger partial charge in [-0.1, -0.05) is 158 Å². The summed E-state index contributed by atoms with van der Waals surface area (Å²) in [5.74, 6) is 1.81. The van der Waals surface area contributed by atoms with Crippen LogP contribution in [-0.4, -0.2) is 0 Å². The smallest absolute Gasteiger partial charge is 0.135 e. The summed E-state index contributed by atoms with van der Waals surface area (Å²) in [4.78, 5) is 0. The SMILES string of the molecule is [O-][Cl+3]([O-])([O-])[O-].[Rh].c1ccc(P(c2ccccc2)c2ccccc2Oc2ccccc2P(c2ccccc2)c2ccccc2)cc1. The third kappa shape index (κ3) is 9.86. The molecule has 0 bridgehead atoms. The minimum atomic E-state index is -4.94. The van der Waals surface area contributed by atoms with Crippen LogP contribution in [0.5, 0.6) is 11.5 Å². The molecule has 0 atom stereocenters. The number of hydrogen-bond donors (Lipinski definition) is 0. The zero-order valence-electron chi connectivity index (χ0n) is 23.8. The fraction of sp³-hybridized carbons (Fsp3) is 0. The molecule has 0 saturated carbocycles. The zero-order valence-corrected chi connectivity index (χ0v) is 28.0. The van der Waals surface area contributed by atoms with Crippen LogP contribution >= 0.6 is 15.8 Å². The van der Waals surface area contributed by atoms with E-state index in [-0.39, 0.29) is 19.5 Å². The molecule has 0 spiro atoms. The molecule has 0 aliphatic heterocycles. The Kier molecular flexibility index (Phi) is 13.0. The molecule has 5 nitrogen and oxygen atoms in total. The molecule has 9 heteroatoms. The number of halogens is 1. The molecule has 0 heterocycles. The van der Waals surface area contributed by atoms with Crippen molar-refractivity contribution in [2.24, 2.45) is 0 Å². The Labute approximate surface area is 280 Å². The molecule has 0 aliphatic rings. The molecule has 0 amide bonds. The second-order valence-corrected chi connectivity index (χ2v) is 14.6. The first-order valence-corrected chi connectivity index (χ1v) is 17.6. The summed E-state index contributed by atoms with van der Waals surface area (Å²) in [7, 11) is -6.54. The van der Waals surface area contributed by atoms with Gasteiger partial charge in [0.15, 0.2) is 0 Å². The molecule has 0 unspecified atom stereocenters. The minimum Gasteiger partial charge on any atom is -0.456 e. The molecule has 6 aromatic carbocycles. The normalized spacial score (nSPS) is 10.9. The van der Waals surface area contributed by atoms with Crippen molar-refractivity contribution >= 4 is 47.7 Å². The fourth-order valence-corrected chi connectivity index (χ4v) is 9.48. The number of benzene rings is 6. The van der Waals surface area contributed by atoms with E-state index < -0.39 is 26.1 Å². The molecular formula is C36H28ClO5P2Rh-. The Morgan fingerprint density at radius 2 is 0.578 bits per heavy atom. The first-order valence-electron chi connectivity index (χ1n) is 13.7. The van der Waals surface area contributed by atoms with Gasteiger partial charge in [0.1, 0.15) is 11.5 Å². The van der Waals surface area contributed by atoms with E-state index >= 15 is 0 Å². The summed E-state index contributed by atoms with van der Waals surface area (Å²) in [5, 5.41) is 7.64. The molecule has 0 aliphatic carbocycles. The number of hydrogen-bond acceptors (Lipinski definition) is 5. The predicted molar refractivity (Wildman–Crippen MR) is 170 cm³/mol. The Morgan fingerprint density at radius 1 is 0.356 bits per heavy atom. The van der Waals surface area contributed by atoms with Crippen molar-refractivity contribution in [3.05, 3.63) is 170 Å². The van der Waals surface area contributed by atoms with E-state index in [1.165, 1.54) is 31.8 Å². The molecular weight excluding hydrogens is 713 g/mol. The Balaban J connectivity index is 0.000000714. The number of ether oxygens (including phenoxy) is 1. The second-order valence-electron chi connectivity index (χ2n) is 9.43. The molecule has 45 heavy (non-hydrogen) atoms. The molecule has 6 aromatic rings. The van der Waals surface area contributed by atoms with Crippen LogP contribution < -0.4 is 55.2 Å². The zero-order chi connectivity index (χ0) is 30.8. The summed E-state index contributed by atoms with van der Waals surface area (Å²) in [6, 6.07) is 60.2. The van der Waals surface area contributed by atoms with Gasteiger partial charge in [-0.15, -0.1) is 10.2 Å². The molecule has 0 aromatic heterocycles. The van der Waals surface area contributed by atoms with Gasteiger partial charge in [-0.25, -0.2) is 18.6 Å². The van der Waals surface area contributed by atoms with Crippen molar-refractivity contribution in [3.63, 3.8) is 0 Å². The topological polar surface area (TPSA) is 101 Å². The van der Waals surface area contributed by atoms with Gasteiger partial charge in [-0.2, -0.15) is 0 Å². The maximum absolute atomic E-state index is 8.49. The van der Waals surface area contributed by atoms with Crippen LogP contribution in [-0.2, 0) is 19.5 Å². The van der Waals surface area contributed by atoms with E-state index in [1.807, 2.05) is 0 Å². The summed E-state index contributed by atoms with van der Waals surface area (Å²) in [5.41, 5.74) is 0. The monoisotopic (exact) mass is 740 g/mol. The fourth-order valence-electron chi connectivity index (χ4n) is 4.74. The van der Waals surface area contributed by atoms with Gasteiger partial charge >= 0.3 is 0 Å². The van der Waals surface area contributed by atoms with E-state index in [9.17, 15) is 0 Å². The van der Waals surface area contributed by atoms with Gasteiger partial charge in [0.2, 0.25) is 0 Å². The van der Waals surface area contributed by atoms with Crippen molar-refractivity contribution in [2.75, 3.05) is 0 Å². The third-order valence-corrected chi connectivity index (χ3v) is 11.5. The Hall–Kier alpha value is -3.27. The van der Waals surface area contributed by atoms with Crippen molar-refractivity contribution in [1.82, 2.24) is 0 Å². The maximum Gasteiger partial charge on any atom is 0.135 e. The first kappa shape index (κ1) is 34.6. The van der Waals surface area contributed by atoms with Crippen molar-refractivity contribution in [2.45, 2.75) is 0 Å². The van der Waals surface area contributed by atoms with Crippen LogP contribution in [0.1, 0.15) is 0 Å². The Bertz CT molecular complexity index is 1530. The average Bonchev–Trinajstić information content (AvgIpc) is 3.04. The van der Waals surface area contributed by atoms with Crippen LogP contribution in [0.3, 0.4) is 0 Å². The van der Waals surface area contributed by atoms with Crippen LogP contribution in [0, 0.1) is 10.2 Å². The van der Waals surface area contributed by atoms with E-state index in [2.05, 4.69) is 170 Å². The van der Waals surface area contributed by atoms with Gasteiger partial charge in [0.05, 0.1) is 0 Å². The standard InChI is InChI=1S/C36H28OP2.ClHO4.Rh/c1-5-17-29(18-6-1)38(30-19-7-2-8-20-30)35-27-15-13-25-33(35)37-34-26-14-16-28-36(34)39(31-21-9-3-10-22-31)32-23-11-4-12-24-32;2-1(3,4)5;/h1-28H;(H,2,3,4,5);/p-1. The van der Waals surface area contributed by atoms with Gasteiger partial charge in [0.25, 0.3) is 0 Å². The van der Waals surface area contributed by atoms with Crippen molar-refractivity contribution in [1.29, 1.82) is 0 Å². The molecule has 0 N–H and O–H groups in total. The average molecular weight is 741 g/mol. The summed E-state index contributed by atoms with van der Waals surface area (Å²) in [6.07, 6.45) is 0. The summed E-state index contributed by atoms with van der Waals surface area (Å²) >= 11 is 0. The first-order chi connectivity index (χ1) is 21.4. The largest absolute Gasteiger partial charge is 0.456 e. The molecule has 6 rings (SSSR count). The predicted octanol–water partition coefficient (Wildman–Crippen LogP) is 2.24. The van der Waals surface area contributed by atoms with Crippen LogP contribution in [0.2, 0.25) is 0 Å². The molecule has 0 fully saturated rings. The van der Waals surface area contributed by atoms with Crippen molar-refractivity contribution < 1.29 is 53.1 Å². The maximum atomic E-state index is 8.49. The van der Waals surface area contributed by atoms with E-state index in [1.54, 1.807) is 0 Å². The third-order valence-electron chi connectivity index (χ3n) is 6.49. The van der Waals surface area contributed by atoms with Gasteiger partial charge in [-0.3, -0.25) is 0 Å². The number of rotatable bonds is 8. The van der Waals surface area contributed by atoms with Gasteiger partial charge in [0, 0.05) is 30.1 Å². The van der Waals surface area contributed by atoms with Crippen LogP contribution in [0.15, 0.2) is 170 Å². The number of para-hydroxylation sites is 2. The summed E-state index contributed by atoms with van der Waals surface area (Å²) in [6.45, 7) is 0. The van der Waals surface area contributed by atoms with Gasteiger partial charge < -0.3 is 4.74 Å². The minimum absolute atomic E-state index is 0. The van der Waals surface area contributed by atoms with E-state index in [0.717, 1.165) is 11.5 Å². The molecule has 1 radical (unpaired) electrons. The molecule has 229 valence electrons. The van der Waals surface area contributed by atoms with Crippen molar-refractivity contribution in [3.8, 4) is 11.5 Å². The van der Waals surface area contributed by atoms with Crippen LogP contribution in [0.4, 0.5) is 0 Å². The summed E-state index contributed by atoms with van der Waals surface area (Å²) < 4.78 is 40.9. The van der Waals surface area contributed by atoms with Gasteiger partial charge in [-0.05, 0) is 49.2 Å². The van der Waals surface area contributed by atoms with E-state index in [0.29, 0.717) is 0 Å². The second kappa shape index (κ2) is 16.9. The molecule has 0 saturated heterocycles. The Morgan fingerprint density at radius 3 is 0.844 bits per heavy atom. The quantitative estimate of drug-likeness (QED) is 0.176. The van der Waals surface area contributed by atoms with Crippen LogP contribution in [0.25, 0.3) is 0 Å². The van der Waals surface area contributed by atoms with E-state index in [4.69, 9.17) is 23.4 Å².